The lowest BCUT2D eigenvalue weighted by atomic mass is 9.88. The second-order valence-corrected chi connectivity index (χ2v) is 9.30. The molecule has 166 valence electrons. The second-order valence-electron chi connectivity index (χ2n) is 9.30. The minimum absolute atomic E-state index is 0.230. The van der Waals surface area contributed by atoms with E-state index in [9.17, 15) is 4.79 Å². The first kappa shape index (κ1) is 20.6. The third-order valence-electron chi connectivity index (χ3n) is 6.18. The quantitative estimate of drug-likeness (QED) is 0.554. The van der Waals surface area contributed by atoms with Crippen molar-refractivity contribution in [2.45, 2.75) is 64.2 Å². The summed E-state index contributed by atoms with van der Waals surface area (Å²) < 4.78 is 11.4. The van der Waals surface area contributed by atoms with Gasteiger partial charge in [-0.25, -0.2) is 19.7 Å². The molecule has 0 spiro atoms. The zero-order valence-electron chi connectivity index (χ0n) is 18.7. The van der Waals surface area contributed by atoms with Crippen LogP contribution >= 0.6 is 0 Å². The lowest BCUT2D eigenvalue weighted by Gasteiger charge is -2.25. The van der Waals surface area contributed by atoms with E-state index in [2.05, 4.69) is 27.2 Å². The van der Waals surface area contributed by atoms with Crippen molar-refractivity contribution in [2.75, 3.05) is 5.32 Å². The number of ether oxygens (including phenoxy) is 2. The topological polar surface area (TPSA) is 112 Å². The molecule has 3 aromatic rings. The van der Waals surface area contributed by atoms with Gasteiger partial charge in [0.05, 0.1) is 10.9 Å². The number of carbonyl (C=O) groups excluding carboxylic acids is 1. The number of hydrogen-bond donors (Lipinski definition) is 2. The van der Waals surface area contributed by atoms with Crippen LogP contribution in [-0.2, 0) is 15.9 Å². The van der Waals surface area contributed by atoms with E-state index in [1.807, 2.05) is 33.0 Å². The predicted octanol–water partition coefficient (Wildman–Crippen LogP) is 4.30. The average molecular weight is 434 g/mol. The molecule has 0 saturated heterocycles. The highest BCUT2D eigenvalue weighted by atomic mass is 16.6. The Morgan fingerprint density at radius 1 is 1.22 bits per heavy atom. The first-order valence-corrected chi connectivity index (χ1v) is 10.9. The normalized spacial score (nSPS) is 18.7. The first-order chi connectivity index (χ1) is 15.2. The highest BCUT2D eigenvalue weighted by molar-refractivity contribution is 5.94. The smallest absolute Gasteiger partial charge is 0.341 e. The fourth-order valence-corrected chi connectivity index (χ4v) is 3.88. The monoisotopic (exact) mass is 433 g/mol. The predicted molar refractivity (Wildman–Crippen MR) is 121 cm³/mol. The van der Waals surface area contributed by atoms with Gasteiger partial charge in [0.15, 0.2) is 0 Å². The number of carbonyl (C=O) groups is 1. The molecule has 0 bridgehead atoms. The number of pyridine rings is 3. The molecular formula is C24H27N5O3. The Balaban J connectivity index is 1.55. The molecular weight excluding hydrogens is 406 g/mol. The number of nitrogens with zero attached hydrogens (tertiary/aromatic N) is 3. The van der Waals surface area contributed by atoms with Crippen LogP contribution in [0.2, 0.25) is 0 Å². The Kier molecular flexibility index (Phi) is 4.60. The molecule has 8 nitrogen and oxygen atoms in total. The number of nitrogens with two attached hydrogens (primary N) is 1. The summed E-state index contributed by atoms with van der Waals surface area (Å²) in [5, 5.41) is 5.04. The van der Waals surface area contributed by atoms with Gasteiger partial charge in [0.1, 0.15) is 29.0 Å². The summed E-state index contributed by atoms with van der Waals surface area (Å²) in [6.45, 7) is 7.71. The van der Waals surface area contributed by atoms with E-state index in [-0.39, 0.29) is 12.1 Å². The molecule has 0 unspecified atom stereocenters. The van der Waals surface area contributed by atoms with E-state index < -0.39 is 11.1 Å². The van der Waals surface area contributed by atoms with Gasteiger partial charge in [-0.05, 0) is 69.2 Å². The van der Waals surface area contributed by atoms with Crippen LogP contribution < -0.4 is 15.8 Å². The lowest BCUT2D eigenvalue weighted by molar-refractivity contribution is 0.00834. The van der Waals surface area contributed by atoms with Crippen molar-refractivity contribution >= 4 is 28.4 Å². The molecule has 1 aliphatic carbocycles. The number of cyclic esters (lactones) is 1. The molecule has 32 heavy (non-hydrogen) atoms. The Hall–Kier alpha value is -3.26. The Morgan fingerprint density at radius 3 is 2.72 bits per heavy atom. The SMILES string of the molecule is CC[C@](C)(N)c1cnc(OC2CC2)c2cnc(Nc3ccc4c(n3)C(C)(C)OC4=O)cc12. The molecule has 3 N–H and O–H groups in total. The van der Waals surface area contributed by atoms with Crippen molar-refractivity contribution in [3.05, 3.63) is 47.4 Å². The zero-order valence-corrected chi connectivity index (χ0v) is 18.7. The number of fused-ring (bicyclic) bond motifs is 2. The van der Waals surface area contributed by atoms with Crippen molar-refractivity contribution in [3.63, 3.8) is 0 Å². The molecule has 1 saturated carbocycles. The van der Waals surface area contributed by atoms with Crippen LogP contribution in [0.1, 0.15) is 68.6 Å². The van der Waals surface area contributed by atoms with Crippen molar-refractivity contribution in [3.8, 4) is 5.88 Å². The molecule has 1 fully saturated rings. The number of rotatable bonds is 6. The second kappa shape index (κ2) is 7.13. The van der Waals surface area contributed by atoms with Crippen LogP contribution in [0.3, 0.4) is 0 Å². The fraction of sp³-hybridized carbons (Fsp3) is 0.417. The Labute approximate surface area is 186 Å². The average Bonchev–Trinajstić information content (AvgIpc) is 3.53. The third kappa shape index (κ3) is 3.54. The van der Waals surface area contributed by atoms with Crippen molar-refractivity contribution in [2.24, 2.45) is 5.73 Å². The largest absolute Gasteiger partial charge is 0.474 e. The lowest BCUT2D eigenvalue weighted by Crippen LogP contribution is -2.32. The van der Waals surface area contributed by atoms with Gasteiger partial charge in [0.25, 0.3) is 0 Å². The first-order valence-electron chi connectivity index (χ1n) is 10.9. The highest BCUT2D eigenvalue weighted by Crippen LogP contribution is 2.38. The Morgan fingerprint density at radius 2 is 2.00 bits per heavy atom. The maximum Gasteiger partial charge on any atom is 0.341 e. The molecule has 0 amide bonds. The summed E-state index contributed by atoms with van der Waals surface area (Å²) in [5.41, 5.74) is 7.32. The summed E-state index contributed by atoms with van der Waals surface area (Å²) in [4.78, 5) is 25.8. The molecule has 5 rings (SSSR count). The van der Waals surface area contributed by atoms with Gasteiger partial charge in [-0.2, -0.15) is 0 Å². The van der Waals surface area contributed by atoms with Gasteiger partial charge >= 0.3 is 5.97 Å². The Bertz CT molecular complexity index is 1230. The maximum atomic E-state index is 12.0. The minimum atomic E-state index is -0.767. The van der Waals surface area contributed by atoms with Gasteiger partial charge in [-0.1, -0.05) is 6.92 Å². The minimum Gasteiger partial charge on any atom is -0.474 e. The number of hydrogen-bond acceptors (Lipinski definition) is 8. The summed E-state index contributed by atoms with van der Waals surface area (Å²) in [6, 6.07) is 5.43. The van der Waals surface area contributed by atoms with Gasteiger partial charge in [0, 0.05) is 17.9 Å². The van der Waals surface area contributed by atoms with Crippen LogP contribution in [-0.4, -0.2) is 27.0 Å². The highest BCUT2D eigenvalue weighted by Gasteiger charge is 2.39. The summed E-state index contributed by atoms with van der Waals surface area (Å²) in [7, 11) is 0. The van der Waals surface area contributed by atoms with E-state index in [1.165, 1.54) is 0 Å². The summed E-state index contributed by atoms with van der Waals surface area (Å²) in [6.07, 6.45) is 6.66. The fourth-order valence-electron chi connectivity index (χ4n) is 3.88. The van der Waals surface area contributed by atoms with E-state index in [1.54, 1.807) is 18.3 Å². The number of aromatic nitrogens is 3. The van der Waals surface area contributed by atoms with E-state index in [0.717, 1.165) is 35.6 Å². The van der Waals surface area contributed by atoms with Crippen LogP contribution in [0.15, 0.2) is 30.6 Å². The maximum absolute atomic E-state index is 12.0. The van der Waals surface area contributed by atoms with Crippen LogP contribution in [0.5, 0.6) is 5.88 Å². The molecule has 4 heterocycles. The van der Waals surface area contributed by atoms with Crippen LogP contribution in [0, 0.1) is 0 Å². The standard InChI is InChI=1S/C24H27N5O3/c1-5-24(4,25)17-12-27-21(31-13-6-7-13)16-11-26-19(10-15(16)17)28-18-9-8-14-20(29-18)23(2,3)32-22(14)30/h8-13H,5-7,25H2,1-4H3,(H,26,28,29)/t24-/m0/s1. The number of esters is 1. The van der Waals surface area contributed by atoms with Crippen molar-refractivity contribution in [1.29, 1.82) is 0 Å². The summed E-state index contributed by atoms with van der Waals surface area (Å²) >= 11 is 0. The van der Waals surface area contributed by atoms with Crippen LogP contribution in [0.25, 0.3) is 10.8 Å². The van der Waals surface area contributed by atoms with Crippen LogP contribution in [0.4, 0.5) is 11.6 Å². The molecule has 1 atom stereocenters. The molecule has 0 radical (unpaired) electrons. The van der Waals surface area contributed by atoms with Gasteiger partial charge in [0.2, 0.25) is 5.88 Å². The van der Waals surface area contributed by atoms with Crippen molar-refractivity contribution in [1.82, 2.24) is 15.0 Å². The molecule has 0 aromatic carbocycles. The molecule has 1 aliphatic heterocycles. The van der Waals surface area contributed by atoms with Gasteiger partial charge in [-0.15, -0.1) is 0 Å². The third-order valence-corrected chi connectivity index (χ3v) is 6.18. The molecule has 3 aromatic heterocycles. The van der Waals surface area contributed by atoms with Gasteiger partial charge < -0.3 is 20.5 Å². The zero-order chi connectivity index (χ0) is 22.7. The van der Waals surface area contributed by atoms with Crippen molar-refractivity contribution < 1.29 is 14.3 Å². The number of nitrogens with one attached hydrogen (secondary N) is 1. The number of anilines is 2. The molecule has 2 aliphatic rings. The van der Waals surface area contributed by atoms with E-state index in [4.69, 9.17) is 15.2 Å². The van der Waals surface area contributed by atoms with E-state index >= 15 is 0 Å². The van der Waals surface area contributed by atoms with E-state index in [0.29, 0.717) is 28.8 Å². The molecule has 8 heteroatoms. The summed E-state index contributed by atoms with van der Waals surface area (Å²) in [5.74, 6) is 1.43. The van der Waals surface area contributed by atoms with Gasteiger partial charge in [-0.3, -0.25) is 0 Å².